The number of aliphatic hydroxyl groups is 1. The minimum Gasteiger partial charge on any atom is -0.496 e. The highest BCUT2D eigenvalue weighted by molar-refractivity contribution is 5.52. The monoisotopic (exact) mass is 309 g/mol. The molecule has 2 aliphatic rings. The van der Waals surface area contributed by atoms with Crippen molar-refractivity contribution in [2.45, 2.75) is 37.2 Å². The predicted molar refractivity (Wildman–Crippen MR) is 80.1 cm³/mol. The van der Waals surface area contributed by atoms with Crippen molar-refractivity contribution in [3.63, 3.8) is 0 Å². The van der Waals surface area contributed by atoms with Gasteiger partial charge in [0.2, 0.25) is 0 Å². The van der Waals surface area contributed by atoms with Gasteiger partial charge < -0.3 is 29.8 Å². The molecule has 2 unspecified atom stereocenters. The number of rotatable bonds is 3. The second-order valence-corrected chi connectivity index (χ2v) is 6.06. The molecule has 3 N–H and O–H groups in total. The summed E-state index contributed by atoms with van der Waals surface area (Å²) in [5.74, 6) is 0.412. The van der Waals surface area contributed by atoms with Gasteiger partial charge in [0.15, 0.2) is 5.79 Å². The van der Waals surface area contributed by atoms with Gasteiger partial charge in [0.25, 0.3) is 0 Å². The fourth-order valence-corrected chi connectivity index (χ4v) is 3.52. The first-order chi connectivity index (χ1) is 10.4. The minimum absolute atomic E-state index is 0.333. The van der Waals surface area contributed by atoms with E-state index >= 15 is 0 Å². The summed E-state index contributed by atoms with van der Waals surface area (Å²) < 4.78 is 22.3. The lowest BCUT2D eigenvalue weighted by Gasteiger charge is -2.46. The molecule has 1 aromatic carbocycles. The van der Waals surface area contributed by atoms with Crippen LogP contribution in [-0.4, -0.2) is 43.9 Å². The maximum Gasteiger partial charge on any atom is 0.184 e. The van der Waals surface area contributed by atoms with Gasteiger partial charge in [-0.1, -0.05) is 0 Å². The van der Waals surface area contributed by atoms with E-state index in [0.29, 0.717) is 37.6 Å². The summed E-state index contributed by atoms with van der Waals surface area (Å²) in [7, 11) is 3.19. The standard InChI is InChI=1S/C16H23NO5/c1-15(21-6-7-22-15)16(17)8-10-12(19-2)4-5-13(20-3)14(10)11(18)9-16/h4-5,11,18H,6-9,17H2,1-3H3. The molecule has 0 aromatic heterocycles. The van der Waals surface area contributed by atoms with Crippen molar-refractivity contribution in [3.8, 4) is 11.5 Å². The summed E-state index contributed by atoms with van der Waals surface area (Å²) in [6.07, 6.45) is 0.0551. The van der Waals surface area contributed by atoms with E-state index in [1.165, 1.54) is 0 Å². The number of methoxy groups -OCH3 is 2. The van der Waals surface area contributed by atoms with Crippen LogP contribution in [-0.2, 0) is 15.9 Å². The van der Waals surface area contributed by atoms with Crippen LogP contribution in [0, 0.1) is 0 Å². The van der Waals surface area contributed by atoms with E-state index in [0.717, 1.165) is 11.1 Å². The second-order valence-electron chi connectivity index (χ2n) is 6.06. The molecule has 122 valence electrons. The van der Waals surface area contributed by atoms with Crippen molar-refractivity contribution >= 4 is 0 Å². The topological polar surface area (TPSA) is 83.2 Å². The SMILES string of the molecule is COc1ccc(OC)c2c1CC(N)(C1(C)OCCO1)CC2O. The molecule has 1 saturated heterocycles. The van der Waals surface area contributed by atoms with Crippen LogP contribution in [0.4, 0.5) is 0 Å². The molecule has 0 bridgehead atoms. The Kier molecular flexibility index (Phi) is 3.81. The predicted octanol–water partition coefficient (Wildman–Crippen LogP) is 1.14. The van der Waals surface area contributed by atoms with Crippen molar-refractivity contribution in [3.05, 3.63) is 23.3 Å². The maximum atomic E-state index is 10.7. The Labute approximate surface area is 130 Å². The van der Waals surface area contributed by atoms with Crippen LogP contribution >= 0.6 is 0 Å². The second kappa shape index (κ2) is 5.38. The molecule has 1 fully saturated rings. The van der Waals surface area contributed by atoms with Crippen molar-refractivity contribution in [2.24, 2.45) is 5.73 Å². The fraction of sp³-hybridized carbons (Fsp3) is 0.625. The molecule has 6 heteroatoms. The van der Waals surface area contributed by atoms with E-state index in [2.05, 4.69) is 0 Å². The summed E-state index contributed by atoms with van der Waals surface area (Å²) in [5.41, 5.74) is 7.37. The molecule has 1 aliphatic carbocycles. The number of fused-ring (bicyclic) bond motifs is 1. The Bertz CT molecular complexity index is 570. The van der Waals surface area contributed by atoms with E-state index in [1.54, 1.807) is 20.3 Å². The fourth-order valence-electron chi connectivity index (χ4n) is 3.52. The molecule has 0 spiro atoms. The van der Waals surface area contributed by atoms with Gasteiger partial charge in [-0.2, -0.15) is 0 Å². The number of ether oxygens (including phenoxy) is 4. The molecular formula is C16H23NO5. The maximum absolute atomic E-state index is 10.7. The summed E-state index contributed by atoms with van der Waals surface area (Å²) >= 11 is 0. The van der Waals surface area contributed by atoms with E-state index in [4.69, 9.17) is 24.7 Å². The Hall–Kier alpha value is -1.34. The Morgan fingerprint density at radius 3 is 2.36 bits per heavy atom. The molecule has 0 radical (unpaired) electrons. The van der Waals surface area contributed by atoms with Crippen molar-refractivity contribution in [1.29, 1.82) is 0 Å². The first kappa shape index (κ1) is 15.6. The molecule has 1 aliphatic heterocycles. The minimum atomic E-state index is -0.917. The molecule has 0 saturated carbocycles. The highest BCUT2D eigenvalue weighted by Crippen LogP contribution is 2.48. The lowest BCUT2D eigenvalue weighted by atomic mass is 9.72. The van der Waals surface area contributed by atoms with Gasteiger partial charge in [-0.25, -0.2) is 0 Å². The van der Waals surface area contributed by atoms with Crippen molar-refractivity contribution in [1.82, 2.24) is 0 Å². The zero-order chi connectivity index (χ0) is 16.0. The van der Waals surface area contributed by atoms with E-state index in [-0.39, 0.29) is 0 Å². The third-order valence-electron chi connectivity index (χ3n) is 4.84. The van der Waals surface area contributed by atoms with Gasteiger partial charge in [0, 0.05) is 17.5 Å². The van der Waals surface area contributed by atoms with E-state index in [9.17, 15) is 5.11 Å². The number of benzene rings is 1. The van der Waals surface area contributed by atoms with Crippen LogP contribution in [0.5, 0.6) is 11.5 Å². The van der Waals surface area contributed by atoms with Gasteiger partial charge in [-0.3, -0.25) is 0 Å². The van der Waals surface area contributed by atoms with Gasteiger partial charge in [-0.15, -0.1) is 0 Å². The van der Waals surface area contributed by atoms with Crippen molar-refractivity contribution in [2.75, 3.05) is 27.4 Å². The van der Waals surface area contributed by atoms with Gasteiger partial charge in [0.05, 0.1) is 39.1 Å². The lowest BCUT2D eigenvalue weighted by molar-refractivity contribution is -0.200. The molecule has 22 heavy (non-hydrogen) atoms. The molecule has 0 amide bonds. The van der Waals surface area contributed by atoms with Gasteiger partial charge >= 0.3 is 0 Å². The van der Waals surface area contributed by atoms with Crippen LogP contribution < -0.4 is 15.2 Å². The summed E-state index contributed by atoms with van der Waals surface area (Å²) in [6, 6.07) is 3.63. The Balaban J connectivity index is 2.08. The third-order valence-corrected chi connectivity index (χ3v) is 4.84. The quantitative estimate of drug-likeness (QED) is 0.871. The smallest absolute Gasteiger partial charge is 0.184 e. The van der Waals surface area contributed by atoms with Crippen LogP contribution in [0.2, 0.25) is 0 Å². The molecule has 6 nitrogen and oxygen atoms in total. The number of hydrogen-bond acceptors (Lipinski definition) is 6. The largest absolute Gasteiger partial charge is 0.496 e. The van der Waals surface area contributed by atoms with Gasteiger partial charge in [0.1, 0.15) is 11.5 Å². The third kappa shape index (κ3) is 2.18. The highest BCUT2D eigenvalue weighted by Gasteiger charge is 2.54. The average molecular weight is 309 g/mol. The number of nitrogens with two attached hydrogens (primary N) is 1. The van der Waals surface area contributed by atoms with Crippen LogP contribution in [0.1, 0.15) is 30.6 Å². The zero-order valence-electron chi connectivity index (χ0n) is 13.2. The lowest BCUT2D eigenvalue weighted by Crippen LogP contribution is -2.63. The van der Waals surface area contributed by atoms with E-state index in [1.807, 2.05) is 13.0 Å². The summed E-state index contributed by atoms with van der Waals surface area (Å²) in [5, 5.41) is 10.7. The summed E-state index contributed by atoms with van der Waals surface area (Å²) in [4.78, 5) is 0. The molecule has 2 atom stereocenters. The first-order valence-corrected chi connectivity index (χ1v) is 7.43. The van der Waals surface area contributed by atoms with Crippen molar-refractivity contribution < 1.29 is 24.1 Å². The highest BCUT2D eigenvalue weighted by atomic mass is 16.7. The molecular weight excluding hydrogens is 286 g/mol. The van der Waals surface area contributed by atoms with E-state index < -0.39 is 17.4 Å². The van der Waals surface area contributed by atoms with Crippen LogP contribution in [0.3, 0.4) is 0 Å². The Morgan fingerprint density at radius 1 is 1.18 bits per heavy atom. The van der Waals surface area contributed by atoms with Crippen LogP contribution in [0.25, 0.3) is 0 Å². The van der Waals surface area contributed by atoms with Gasteiger partial charge in [-0.05, 0) is 25.5 Å². The Morgan fingerprint density at radius 2 is 1.77 bits per heavy atom. The average Bonchev–Trinajstić information content (AvgIpc) is 2.94. The first-order valence-electron chi connectivity index (χ1n) is 7.43. The summed E-state index contributed by atoms with van der Waals surface area (Å²) in [6.45, 7) is 2.85. The molecule has 3 rings (SSSR count). The molecule has 1 heterocycles. The number of hydrogen-bond donors (Lipinski definition) is 2. The normalized spacial score (nSPS) is 30.0. The zero-order valence-corrected chi connectivity index (χ0v) is 13.2. The molecule has 1 aromatic rings. The number of aliphatic hydroxyl groups excluding tert-OH is 1. The van der Waals surface area contributed by atoms with Crippen LogP contribution in [0.15, 0.2) is 12.1 Å².